The second-order valence-electron chi connectivity index (χ2n) is 5.86. The lowest BCUT2D eigenvalue weighted by Crippen LogP contribution is -2.29. The van der Waals surface area contributed by atoms with E-state index in [0.29, 0.717) is 11.8 Å². The van der Waals surface area contributed by atoms with Crippen molar-refractivity contribution in [2.75, 3.05) is 0 Å². The molecule has 0 spiro atoms. The SMILES string of the molecule is Cc1cc(C(C)NC(C)CCc2ccc(O)cc2)c(C)o1. The zero-order valence-corrected chi connectivity index (χ0v) is 13.3. The second kappa shape index (κ2) is 6.81. The summed E-state index contributed by atoms with van der Waals surface area (Å²) in [7, 11) is 0. The maximum absolute atomic E-state index is 9.29. The molecule has 3 nitrogen and oxygen atoms in total. The molecule has 2 rings (SSSR count). The highest BCUT2D eigenvalue weighted by atomic mass is 16.3. The van der Waals surface area contributed by atoms with Crippen LogP contribution >= 0.6 is 0 Å². The molecule has 3 heteroatoms. The van der Waals surface area contributed by atoms with Crippen LogP contribution in [0.25, 0.3) is 0 Å². The highest BCUT2D eigenvalue weighted by Gasteiger charge is 2.14. The summed E-state index contributed by atoms with van der Waals surface area (Å²) < 4.78 is 5.59. The molecule has 1 heterocycles. The van der Waals surface area contributed by atoms with E-state index in [1.165, 1.54) is 11.1 Å². The number of hydrogen-bond donors (Lipinski definition) is 2. The Labute approximate surface area is 127 Å². The van der Waals surface area contributed by atoms with Gasteiger partial charge in [0.25, 0.3) is 0 Å². The van der Waals surface area contributed by atoms with E-state index in [0.717, 1.165) is 24.4 Å². The molecule has 21 heavy (non-hydrogen) atoms. The predicted molar refractivity (Wildman–Crippen MR) is 85.6 cm³/mol. The number of aryl methyl sites for hydroxylation is 3. The Morgan fingerprint density at radius 3 is 2.38 bits per heavy atom. The standard InChI is InChI=1S/C18H25NO2/c1-12(5-6-16-7-9-17(20)10-8-16)19-14(3)18-11-13(2)21-15(18)4/h7-12,14,19-20H,5-6H2,1-4H3. The molecule has 0 aliphatic heterocycles. The summed E-state index contributed by atoms with van der Waals surface area (Å²) in [5.41, 5.74) is 2.49. The molecule has 1 aromatic carbocycles. The molecule has 2 N–H and O–H groups in total. The summed E-state index contributed by atoms with van der Waals surface area (Å²) in [5.74, 6) is 2.29. The summed E-state index contributed by atoms with van der Waals surface area (Å²) in [6, 6.07) is 10.3. The maximum Gasteiger partial charge on any atom is 0.115 e. The van der Waals surface area contributed by atoms with Crippen molar-refractivity contribution in [1.82, 2.24) is 5.32 Å². The van der Waals surface area contributed by atoms with Crippen LogP contribution in [0, 0.1) is 13.8 Å². The first-order valence-corrected chi connectivity index (χ1v) is 7.56. The fourth-order valence-corrected chi connectivity index (χ4v) is 2.73. The van der Waals surface area contributed by atoms with E-state index < -0.39 is 0 Å². The number of aromatic hydroxyl groups is 1. The number of hydrogen-bond acceptors (Lipinski definition) is 3. The summed E-state index contributed by atoms with van der Waals surface area (Å²) in [6.07, 6.45) is 2.07. The van der Waals surface area contributed by atoms with Crippen molar-refractivity contribution in [2.24, 2.45) is 0 Å². The third-order valence-corrected chi connectivity index (χ3v) is 3.88. The number of phenols is 1. The van der Waals surface area contributed by atoms with Crippen molar-refractivity contribution < 1.29 is 9.52 Å². The molecular formula is C18H25NO2. The minimum atomic E-state index is 0.289. The first-order chi connectivity index (χ1) is 9.95. The minimum Gasteiger partial charge on any atom is -0.508 e. The summed E-state index contributed by atoms with van der Waals surface area (Å²) in [5, 5.41) is 12.9. The Morgan fingerprint density at radius 2 is 1.81 bits per heavy atom. The van der Waals surface area contributed by atoms with Crippen LogP contribution in [0.15, 0.2) is 34.7 Å². The van der Waals surface area contributed by atoms with Crippen LogP contribution in [0.2, 0.25) is 0 Å². The Morgan fingerprint density at radius 1 is 1.14 bits per heavy atom. The van der Waals surface area contributed by atoms with Crippen molar-refractivity contribution in [3.63, 3.8) is 0 Å². The van der Waals surface area contributed by atoms with Crippen LogP contribution < -0.4 is 5.32 Å². The smallest absolute Gasteiger partial charge is 0.115 e. The molecule has 114 valence electrons. The van der Waals surface area contributed by atoms with Crippen LogP contribution in [0.3, 0.4) is 0 Å². The van der Waals surface area contributed by atoms with Gasteiger partial charge in [-0.15, -0.1) is 0 Å². The van der Waals surface area contributed by atoms with Crippen LogP contribution in [-0.2, 0) is 6.42 Å². The molecule has 0 radical (unpaired) electrons. The molecule has 1 aromatic heterocycles. The highest BCUT2D eigenvalue weighted by molar-refractivity contribution is 5.26. The molecule has 0 amide bonds. The van der Waals surface area contributed by atoms with Gasteiger partial charge in [-0.2, -0.15) is 0 Å². The predicted octanol–water partition coefficient (Wildman–Crippen LogP) is 4.27. The van der Waals surface area contributed by atoms with E-state index in [9.17, 15) is 5.11 Å². The third kappa shape index (κ3) is 4.36. The lowest BCUT2D eigenvalue weighted by atomic mass is 10.0. The Hall–Kier alpha value is -1.74. The fraction of sp³-hybridized carbons (Fsp3) is 0.444. The molecule has 2 aromatic rings. The van der Waals surface area contributed by atoms with Crippen molar-refractivity contribution in [3.05, 3.63) is 53.0 Å². The zero-order chi connectivity index (χ0) is 15.4. The van der Waals surface area contributed by atoms with E-state index in [1.54, 1.807) is 12.1 Å². The van der Waals surface area contributed by atoms with Gasteiger partial charge in [-0.3, -0.25) is 0 Å². The topological polar surface area (TPSA) is 45.4 Å². The van der Waals surface area contributed by atoms with Crippen LogP contribution in [-0.4, -0.2) is 11.1 Å². The Kier molecular flexibility index (Phi) is 5.07. The van der Waals surface area contributed by atoms with E-state index in [-0.39, 0.29) is 6.04 Å². The monoisotopic (exact) mass is 287 g/mol. The molecule has 0 fully saturated rings. The van der Waals surface area contributed by atoms with Gasteiger partial charge in [-0.1, -0.05) is 12.1 Å². The van der Waals surface area contributed by atoms with Gasteiger partial charge in [0.2, 0.25) is 0 Å². The first kappa shape index (κ1) is 15.6. The summed E-state index contributed by atoms with van der Waals surface area (Å²) in [4.78, 5) is 0. The number of phenolic OH excluding ortho intramolecular Hbond substituents is 1. The largest absolute Gasteiger partial charge is 0.508 e. The van der Waals surface area contributed by atoms with E-state index in [4.69, 9.17) is 4.42 Å². The van der Waals surface area contributed by atoms with E-state index in [1.807, 2.05) is 26.0 Å². The third-order valence-electron chi connectivity index (χ3n) is 3.88. The quantitative estimate of drug-likeness (QED) is 0.833. The molecule has 0 aliphatic carbocycles. The summed E-state index contributed by atoms with van der Waals surface area (Å²) in [6.45, 7) is 8.38. The van der Waals surface area contributed by atoms with Gasteiger partial charge in [0.05, 0.1) is 0 Å². The normalized spacial score (nSPS) is 14.1. The second-order valence-corrected chi connectivity index (χ2v) is 5.86. The van der Waals surface area contributed by atoms with E-state index >= 15 is 0 Å². The van der Waals surface area contributed by atoms with Gasteiger partial charge in [0.15, 0.2) is 0 Å². The number of nitrogens with one attached hydrogen (secondary N) is 1. The van der Waals surface area contributed by atoms with Crippen LogP contribution in [0.1, 0.15) is 49.0 Å². The van der Waals surface area contributed by atoms with Crippen LogP contribution in [0.5, 0.6) is 5.75 Å². The molecular weight excluding hydrogens is 262 g/mol. The van der Waals surface area contributed by atoms with E-state index in [2.05, 4.69) is 25.2 Å². The van der Waals surface area contributed by atoms with Crippen molar-refractivity contribution in [1.29, 1.82) is 0 Å². The molecule has 0 aliphatic rings. The van der Waals surface area contributed by atoms with Gasteiger partial charge >= 0.3 is 0 Å². The van der Waals surface area contributed by atoms with Gasteiger partial charge in [-0.25, -0.2) is 0 Å². The average molecular weight is 287 g/mol. The molecule has 2 atom stereocenters. The zero-order valence-electron chi connectivity index (χ0n) is 13.3. The van der Waals surface area contributed by atoms with Gasteiger partial charge < -0.3 is 14.8 Å². The van der Waals surface area contributed by atoms with Crippen molar-refractivity contribution in [3.8, 4) is 5.75 Å². The molecule has 0 saturated carbocycles. The Balaban J connectivity index is 1.85. The number of benzene rings is 1. The minimum absolute atomic E-state index is 0.289. The lowest BCUT2D eigenvalue weighted by Gasteiger charge is -2.19. The lowest BCUT2D eigenvalue weighted by molar-refractivity contribution is 0.444. The maximum atomic E-state index is 9.29. The van der Waals surface area contributed by atoms with Crippen molar-refractivity contribution in [2.45, 2.75) is 52.6 Å². The number of rotatable bonds is 6. The Bertz CT molecular complexity index is 571. The van der Waals surface area contributed by atoms with Gasteiger partial charge in [0, 0.05) is 17.6 Å². The average Bonchev–Trinajstić information content (AvgIpc) is 2.77. The van der Waals surface area contributed by atoms with Crippen LogP contribution in [0.4, 0.5) is 0 Å². The molecule has 0 bridgehead atoms. The van der Waals surface area contributed by atoms with Gasteiger partial charge in [0.1, 0.15) is 17.3 Å². The fourth-order valence-electron chi connectivity index (χ4n) is 2.73. The molecule has 0 saturated heterocycles. The molecule has 2 unspecified atom stereocenters. The first-order valence-electron chi connectivity index (χ1n) is 7.56. The number of furan rings is 1. The summed E-state index contributed by atoms with van der Waals surface area (Å²) >= 11 is 0. The van der Waals surface area contributed by atoms with Crippen molar-refractivity contribution >= 4 is 0 Å². The van der Waals surface area contributed by atoms with Gasteiger partial charge in [-0.05, 0) is 64.3 Å². The highest BCUT2D eigenvalue weighted by Crippen LogP contribution is 2.22.